The summed E-state index contributed by atoms with van der Waals surface area (Å²) in [6, 6.07) is 17.3. The molecule has 0 atom stereocenters. The third kappa shape index (κ3) is 3.12. The number of carbonyl (C=O) groups is 1. The van der Waals surface area contributed by atoms with Crippen LogP contribution >= 0.6 is 11.3 Å². The average Bonchev–Trinajstić information content (AvgIpc) is 3.14. The van der Waals surface area contributed by atoms with E-state index in [2.05, 4.69) is 4.98 Å². The van der Waals surface area contributed by atoms with Gasteiger partial charge in [-0.15, -0.1) is 11.3 Å². The molecule has 2 aromatic carbocycles. The number of amides is 1. The lowest BCUT2D eigenvalue weighted by atomic mass is 10.1. The van der Waals surface area contributed by atoms with E-state index in [9.17, 15) is 9.59 Å². The van der Waals surface area contributed by atoms with Crippen molar-refractivity contribution in [3.8, 4) is 11.3 Å². The maximum atomic E-state index is 13.2. The third-order valence-electron chi connectivity index (χ3n) is 4.62. The van der Waals surface area contributed by atoms with Crippen molar-refractivity contribution in [1.29, 1.82) is 0 Å². The summed E-state index contributed by atoms with van der Waals surface area (Å²) in [5.41, 5.74) is 3.20. The van der Waals surface area contributed by atoms with E-state index in [-0.39, 0.29) is 17.0 Å². The Morgan fingerprint density at radius 3 is 2.64 bits per heavy atom. The van der Waals surface area contributed by atoms with Crippen LogP contribution in [0.3, 0.4) is 0 Å². The number of hydrogen-bond acceptors (Lipinski definition) is 4. The first-order valence-electron chi connectivity index (χ1n) is 9.03. The van der Waals surface area contributed by atoms with Crippen LogP contribution < -0.4 is 10.5 Å². The number of benzene rings is 2. The molecule has 140 valence electrons. The SMILES string of the molecule is CCN(C(=O)c1cnc2scc(-c3ccccc3)n2c1=O)c1cccc(C)c1. The number of aryl methyl sites for hydroxylation is 1. The molecule has 0 aliphatic heterocycles. The van der Waals surface area contributed by atoms with Gasteiger partial charge in [-0.25, -0.2) is 4.98 Å². The van der Waals surface area contributed by atoms with E-state index in [4.69, 9.17) is 0 Å². The summed E-state index contributed by atoms with van der Waals surface area (Å²) in [6.45, 7) is 4.32. The Morgan fingerprint density at radius 1 is 1.14 bits per heavy atom. The molecule has 28 heavy (non-hydrogen) atoms. The smallest absolute Gasteiger partial charge is 0.271 e. The summed E-state index contributed by atoms with van der Waals surface area (Å²) in [5, 5.41) is 1.89. The molecule has 2 heterocycles. The third-order valence-corrected chi connectivity index (χ3v) is 5.46. The van der Waals surface area contributed by atoms with E-state index in [1.54, 1.807) is 4.90 Å². The summed E-state index contributed by atoms with van der Waals surface area (Å²) in [7, 11) is 0. The second kappa shape index (κ2) is 7.40. The second-order valence-corrected chi connectivity index (χ2v) is 7.31. The lowest BCUT2D eigenvalue weighted by Gasteiger charge is -2.21. The maximum absolute atomic E-state index is 13.2. The van der Waals surface area contributed by atoms with E-state index >= 15 is 0 Å². The van der Waals surface area contributed by atoms with Crippen molar-refractivity contribution in [2.24, 2.45) is 0 Å². The number of anilines is 1. The van der Waals surface area contributed by atoms with Crippen molar-refractivity contribution in [1.82, 2.24) is 9.38 Å². The van der Waals surface area contributed by atoms with Crippen LogP contribution in [0, 0.1) is 6.92 Å². The fourth-order valence-corrected chi connectivity index (χ4v) is 4.09. The average molecular weight is 389 g/mol. The molecule has 0 saturated carbocycles. The fourth-order valence-electron chi connectivity index (χ4n) is 3.23. The van der Waals surface area contributed by atoms with Gasteiger partial charge in [-0.3, -0.25) is 14.0 Å². The zero-order chi connectivity index (χ0) is 19.7. The molecule has 6 heteroatoms. The molecule has 4 rings (SSSR count). The molecule has 1 amide bonds. The van der Waals surface area contributed by atoms with Crippen molar-refractivity contribution < 1.29 is 4.79 Å². The minimum Gasteiger partial charge on any atom is -0.308 e. The Hall–Kier alpha value is -3.25. The van der Waals surface area contributed by atoms with Gasteiger partial charge in [0.15, 0.2) is 4.96 Å². The predicted molar refractivity (Wildman–Crippen MR) is 113 cm³/mol. The highest BCUT2D eigenvalue weighted by Crippen LogP contribution is 2.24. The number of fused-ring (bicyclic) bond motifs is 1. The normalized spacial score (nSPS) is 10.9. The Labute approximate surface area is 166 Å². The van der Waals surface area contributed by atoms with Crippen LogP contribution in [0.4, 0.5) is 5.69 Å². The topological polar surface area (TPSA) is 54.7 Å². The fraction of sp³-hybridized carbons (Fsp3) is 0.136. The van der Waals surface area contributed by atoms with Gasteiger partial charge in [0.2, 0.25) is 0 Å². The van der Waals surface area contributed by atoms with Crippen LogP contribution in [0.5, 0.6) is 0 Å². The molecule has 2 aromatic heterocycles. The zero-order valence-corrected chi connectivity index (χ0v) is 16.4. The molecule has 0 aliphatic carbocycles. The summed E-state index contributed by atoms with van der Waals surface area (Å²) >= 11 is 1.38. The van der Waals surface area contributed by atoms with Crippen molar-refractivity contribution >= 4 is 27.9 Å². The van der Waals surface area contributed by atoms with Crippen LogP contribution in [0.15, 0.2) is 71.0 Å². The molecule has 0 saturated heterocycles. The van der Waals surface area contributed by atoms with Gasteiger partial charge in [-0.05, 0) is 37.1 Å². The van der Waals surface area contributed by atoms with Crippen molar-refractivity contribution in [2.75, 3.05) is 11.4 Å². The van der Waals surface area contributed by atoms with Crippen LogP contribution in [0.1, 0.15) is 22.8 Å². The molecule has 0 spiro atoms. The summed E-state index contributed by atoms with van der Waals surface area (Å²) in [5.74, 6) is -0.342. The number of hydrogen-bond donors (Lipinski definition) is 0. The zero-order valence-electron chi connectivity index (χ0n) is 15.6. The minimum atomic E-state index is -0.346. The van der Waals surface area contributed by atoms with Crippen LogP contribution in [0.2, 0.25) is 0 Å². The first kappa shape index (κ1) is 18.1. The molecule has 5 nitrogen and oxygen atoms in total. The van der Waals surface area contributed by atoms with Gasteiger partial charge >= 0.3 is 0 Å². The van der Waals surface area contributed by atoms with E-state index in [1.807, 2.05) is 73.8 Å². The standard InChI is InChI=1S/C22H19N3O2S/c1-3-24(17-11-7-8-15(2)12-17)20(26)18-13-23-22-25(21(18)27)19(14-28-22)16-9-5-4-6-10-16/h4-14H,3H2,1-2H3. The monoisotopic (exact) mass is 389 g/mol. The van der Waals surface area contributed by atoms with E-state index in [0.717, 1.165) is 22.5 Å². The maximum Gasteiger partial charge on any atom is 0.271 e. The van der Waals surface area contributed by atoms with Crippen LogP contribution in [0.25, 0.3) is 16.2 Å². The van der Waals surface area contributed by atoms with Gasteiger partial charge in [-0.2, -0.15) is 0 Å². The van der Waals surface area contributed by atoms with Crippen LogP contribution in [-0.4, -0.2) is 21.8 Å². The number of thiazole rings is 1. The lowest BCUT2D eigenvalue weighted by Crippen LogP contribution is -2.36. The van der Waals surface area contributed by atoms with Gasteiger partial charge in [0.25, 0.3) is 11.5 Å². The molecular formula is C22H19N3O2S. The molecule has 0 fully saturated rings. The minimum absolute atomic E-state index is 0.0661. The molecule has 0 unspecified atom stereocenters. The number of aromatic nitrogens is 2. The highest BCUT2D eigenvalue weighted by atomic mass is 32.1. The van der Waals surface area contributed by atoms with Gasteiger partial charge in [0.05, 0.1) is 5.69 Å². The molecule has 0 aliphatic rings. The van der Waals surface area contributed by atoms with Gasteiger partial charge in [0, 0.05) is 23.8 Å². The second-order valence-electron chi connectivity index (χ2n) is 6.47. The highest BCUT2D eigenvalue weighted by Gasteiger charge is 2.22. The molecule has 0 N–H and O–H groups in total. The van der Waals surface area contributed by atoms with Crippen molar-refractivity contribution in [3.63, 3.8) is 0 Å². The molecule has 4 aromatic rings. The molecular weight excluding hydrogens is 370 g/mol. The van der Waals surface area contributed by atoms with Gasteiger partial charge in [0.1, 0.15) is 5.56 Å². The Morgan fingerprint density at radius 2 is 1.93 bits per heavy atom. The molecule has 0 radical (unpaired) electrons. The number of carbonyl (C=O) groups excluding carboxylic acids is 1. The summed E-state index contributed by atoms with van der Waals surface area (Å²) < 4.78 is 1.53. The number of rotatable bonds is 4. The van der Waals surface area contributed by atoms with Gasteiger partial charge < -0.3 is 4.90 Å². The first-order valence-corrected chi connectivity index (χ1v) is 9.91. The Bertz CT molecular complexity index is 1210. The van der Waals surface area contributed by atoms with Crippen molar-refractivity contribution in [3.05, 3.63) is 87.7 Å². The van der Waals surface area contributed by atoms with E-state index < -0.39 is 0 Å². The van der Waals surface area contributed by atoms with Gasteiger partial charge in [-0.1, -0.05) is 42.5 Å². The lowest BCUT2D eigenvalue weighted by molar-refractivity contribution is 0.0986. The largest absolute Gasteiger partial charge is 0.308 e. The predicted octanol–water partition coefficient (Wildman–Crippen LogP) is 4.40. The van der Waals surface area contributed by atoms with E-state index in [0.29, 0.717) is 11.5 Å². The highest BCUT2D eigenvalue weighted by molar-refractivity contribution is 7.15. The van der Waals surface area contributed by atoms with E-state index in [1.165, 1.54) is 21.9 Å². The molecule has 0 bridgehead atoms. The van der Waals surface area contributed by atoms with Crippen LogP contribution in [-0.2, 0) is 0 Å². The Balaban J connectivity index is 1.84. The quantitative estimate of drug-likeness (QED) is 0.520. The van der Waals surface area contributed by atoms with Crippen molar-refractivity contribution in [2.45, 2.75) is 13.8 Å². The number of nitrogens with zero attached hydrogens (tertiary/aromatic N) is 3. The summed E-state index contributed by atoms with van der Waals surface area (Å²) in [6.07, 6.45) is 1.39. The first-order chi connectivity index (χ1) is 13.6. The summed E-state index contributed by atoms with van der Waals surface area (Å²) in [4.78, 5) is 33.0. The Kier molecular flexibility index (Phi) is 4.79.